The Hall–Kier alpha value is -3.25. The number of nitrogens with two attached hydrogens (primary N) is 1. The first-order valence-corrected chi connectivity index (χ1v) is 8.91. The molecular weight excluding hydrogens is 338 g/mol. The number of carbonyl (C=O) groups is 1. The van der Waals surface area contributed by atoms with Gasteiger partial charge in [-0.2, -0.15) is 0 Å². The number of aromatic nitrogens is 2. The molecule has 2 atom stereocenters. The maximum Gasteiger partial charge on any atom is 0.251 e. The van der Waals surface area contributed by atoms with E-state index >= 15 is 0 Å². The van der Waals surface area contributed by atoms with Crippen molar-refractivity contribution >= 4 is 17.5 Å². The van der Waals surface area contributed by atoms with E-state index in [1.54, 1.807) is 18.3 Å². The van der Waals surface area contributed by atoms with E-state index in [4.69, 9.17) is 5.73 Å². The number of carbonyl (C=O) groups excluding carboxylic acids is 1. The van der Waals surface area contributed by atoms with Crippen LogP contribution in [0.25, 0.3) is 0 Å². The van der Waals surface area contributed by atoms with Crippen LogP contribution in [-0.4, -0.2) is 21.9 Å². The average Bonchev–Trinajstić information content (AvgIpc) is 2.98. The first kappa shape index (κ1) is 17.2. The summed E-state index contributed by atoms with van der Waals surface area (Å²) >= 11 is 0. The zero-order chi connectivity index (χ0) is 18.8. The summed E-state index contributed by atoms with van der Waals surface area (Å²) in [5.74, 6) is 0.359. The predicted octanol–water partition coefficient (Wildman–Crippen LogP) is 2.88. The van der Waals surface area contributed by atoms with Crippen LogP contribution in [0, 0.1) is 6.92 Å². The molecule has 27 heavy (non-hydrogen) atoms. The van der Waals surface area contributed by atoms with Crippen molar-refractivity contribution in [1.82, 2.24) is 15.3 Å². The summed E-state index contributed by atoms with van der Waals surface area (Å²) in [5, 5.41) is 6.20. The minimum absolute atomic E-state index is 0.105. The molecule has 1 amide bonds. The van der Waals surface area contributed by atoms with Gasteiger partial charge < -0.3 is 16.4 Å². The number of hydrogen-bond acceptors (Lipinski definition) is 5. The summed E-state index contributed by atoms with van der Waals surface area (Å²) in [4.78, 5) is 21.2. The summed E-state index contributed by atoms with van der Waals surface area (Å²) in [6.45, 7) is 1.90. The van der Waals surface area contributed by atoms with Gasteiger partial charge in [0.25, 0.3) is 5.91 Å². The third kappa shape index (κ3) is 3.66. The molecular formula is C21H21N5O. The number of nitrogens with zero attached hydrogens (tertiary/aromatic N) is 2. The fraction of sp³-hybridized carbons (Fsp3) is 0.190. The van der Waals surface area contributed by atoms with Crippen molar-refractivity contribution in [3.05, 3.63) is 83.2 Å². The molecule has 0 saturated heterocycles. The van der Waals surface area contributed by atoms with Crippen LogP contribution in [0.5, 0.6) is 0 Å². The Morgan fingerprint density at radius 2 is 2.00 bits per heavy atom. The normalized spacial score (nSPS) is 18.0. The Kier molecular flexibility index (Phi) is 4.56. The number of aryl methyl sites for hydroxylation is 1. The molecule has 4 N–H and O–H groups in total. The SMILES string of the molecule is Cc1ccnc(Nc2cccc(C(=O)N[C@@H]3Cc4ccccc4[C@H]3N)c2)n1. The van der Waals surface area contributed by atoms with Crippen molar-refractivity contribution in [3.8, 4) is 0 Å². The quantitative estimate of drug-likeness (QED) is 0.666. The summed E-state index contributed by atoms with van der Waals surface area (Å²) in [6.07, 6.45) is 2.44. The first-order chi connectivity index (χ1) is 13.1. The van der Waals surface area contributed by atoms with Crippen molar-refractivity contribution in [2.75, 3.05) is 5.32 Å². The number of rotatable bonds is 4. The molecule has 136 valence electrons. The fourth-order valence-corrected chi connectivity index (χ4v) is 3.39. The van der Waals surface area contributed by atoms with Crippen molar-refractivity contribution in [2.45, 2.75) is 25.4 Å². The highest BCUT2D eigenvalue weighted by molar-refractivity contribution is 5.95. The van der Waals surface area contributed by atoms with E-state index in [0.717, 1.165) is 23.4 Å². The number of benzene rings is 2. The molecule has 1 heterocycles. The monoisotopic (exact) mass is 359 g/mol. The Labute approximate surface area is 157 Å². The third-order valence-corrected chi connectivity index (χ3v) is 4.78. The van der Waals surface area contributed by atoms with E-state index in [0.29, 0.717) is 11.5 Å². The molecule has 0 radical (unpaired) electrons. The van der Waals surface area contributed by atoms with Gasteiger partial charge in [-0.15, -0.1) is 0 Å². The molecule has 1 aliphatic rings. The van der Waals surface area contributed by atoms with Gasteiger partial charge in [0.15, 0.2) is 0 Å². The summed E-state index contributed by atoms with van der Waals surface area (Å²) in [6, 6.07) is 16.9. The molecule has 0 unspecified atom stereocenters. The van der Waals surface area contributed by atoms with Crippen LogP contribution in [0.1, 0.15) is 33.2 Å². The maximum absolute atomic E-state index is 12.7. The number of hydrogen-bond donors (Lipinski definition) is 3. The number of anilines is 2. The number of amides is 1. The van der Waals surface area contributed by atoms with Crippen molar-refractivity contribution in [1.29, 1.82) is 0 Å². The minimum atomic E-state index is -0.188. The average molecular weight is 359 g/mol. The standard InChI is InChI=1S/C21H21N5O/c1-13-9-10-23-21(24-13)25-16-7-4-6-15(11-16)20(27)26-18-12-14-5-2-3-8-17(14)19(18)22/h2-11,18-19H,12,22H2,1H3,(H,26,27)(H,23,24,25)/t18-,19-/m1/s1. The highest BCUT2D eigenvalue weighted by Gasteiger charge is 2.30. The lowest BCUT2D eigenvalue weighted by atomic mass is 10.1. The van der Waals surface area contributed by atoms with Crippen molar-refractivity contribution in [2.24, 2.45) is 5.73 Å². The number of fused-ring (bicyclic) bond motifs is 1. The molecule has 1 aliphatic carbocycles. The van der Waals surface area contributed by atoms with E-state index in [2.05, 4.69) is 26.7 Å². The molecule has 1 aromatic heterocycles. The van der Waals surface area contributed by atoms with E-state index in [1.165, 1.54) is 5.56 Å². The third-order valence-electron chi connectivity index (χ3n) is 4.78. The van der Waals surface area contributed by atoms with E-state index < -0.39 is 0 Å². The fourth-order valence-electron chi connectivity index (χ4n) is 3.39. The molecule has 0 spiro atoms. The van der Waals surface area contributed by atoms with Crippen LogP contribution >= 0.6 is 0 Å². The van der Waals surface area contributed by atoms with Crippen LogP contribution in [0.2, 0.25) is 0 Å². The van der Waals surface area contributed by atoms with Crippen LogP contribution in [0.3, 0.4) is 0 Å². The van der Waals surface area contributed by atoms with Gasteiger partial charge in [-0.3, -0.25) is 4.79 Å². The van der Waals surface area contributed by atoms with Gasteiger partial charge in [0.1, 0.15) is 0 Å². The molecule has 0 saturated carbocycles. The largest absolute Gasteiger partial charge is 0.347 e. The molecule has 4 rings (SSSR count). The second kappa shape index (κ2) is 7.17. The second-order valence-electron chi connectivity index (χ2n) is 6.74. The zero-order valence-electron chi connectivity index (χ0n) is 15.0. The van der Waals surface area contributed by atoms with Gasteiger partial charge in [-0.05, 0) is 48.7 Å². The lowest BCUT2D eigenvalue weighted by Crippen LogP contribution is -2.40. The van der Waals surface area contributed by atoms with Gasteiger partial charge in [0.05, 0.1) is 12.1 Å². The summed E-state index contributed by atoms with van der Waals surface area (Å²) in [5.41, 5.74) is 10.8. The van der Waals surface area contributed by atoms with Gasteiger partial charge >= 0.3 is 0 Å². The lowest BCUT2D eigenvalue weighted by molar-refractivity contribution is 0.0933. The topological polar surface area (TPSA) is 92.9 Å². The molecule has 3 aromatic rings. The van der Waals surface area contributed by atoms with Crippen molar-refractivity contribution < 1.29 is 4.79 Å². The zero-order valence-corrected chi connectivity index (χ0v) is 15.0. The Balaban J connectivity index is 1.47. The Morgan fingerprint density at radius 3 is 2.81 bits per heavy atom. The molecule has 0 bridgehead atoms. The molecule has 6 nitrogen and oxygen atoms in total. The molecule has 6 heteroatoms. The van der Waals surface area contributed by atoms with Gasteiger partial charge in [0.2, 0.25) is 5.95 Å². The highest BCUT2D eigenvalue weighted by Crippen LogP contribution is 2.29. The Bertz CT molecular complexity index is 988. The summed E-state index contributed by atoms with van der Waals surface area (Å²) < 4.78 is 0. The predicted molar refractivity (Wildman–Crippen MR) is 105 cm³/mol. The number of nitrogens with one attached hydrogen (secondary N) is 2. The van der Waals surface area contributed by atoms with E-state index in [1.807, 2.05) is 43.3 Å². The van der Waals surface area contributed by atoms with E-state index in [9.17, 15) is 4.79 Å². The molecule has 0 aliphatic heterocycles. The van der Waals surface area contributed by atoms with Crippen LogP contribution in [0.4, 0.5) is 11.6 Å². The van der Waals surface area contributed by atoms with Crippen LogP contribution < -0.4 is 16.4 Å². The Morgan fingerprint density at radius 1 is 1.15 bits per heavy atom. The van der Waals surface area contributed by atoms with Crippen LogP contribution in [0.15, 0.2) is 60.8 Å². The highest BCUT2D eigenvalue weighted by atomic mass is 16.1. The minimum Gasteiger partial charge on any atom is -0.347 e. The molecule has 2 aromatic carbocycles. The van der Waals surface area contributed by atoms with Gasteiger partial charge in [0, 0.05) is 23.1 Å². The maximum atomic E-state index is 12.7. The molecule has 0 fully saturated rings. The second-order valence-corrected chi connectivity index (χ2v) is 6.74. The first-order valence-electron chi connectivity index (χ1n) is 8.91. The smallest absolute Gasteiger partial charge is 0.251 e. The lowest BCUT2D eigenvalue weighted by Gasteiger charge is -2.18. The van der Waals surface area contributed by atoms with E-state index in [-0.39, 0.29) is 18.0 Å². The van der Waals surface area contributed by atoms with Gasteiger partial charge in [-0.1, -0.05) is 30.3 Å². The van der Waals surface area contributed by atoms with Crippen LogP contribution in [-0.2, 0) is 6.42 Å². The summed E-state index contributed by atoms with van der Waals surface area (Å²) in [7, 11) is 0. The van der Waals surface area contributed by atoms with Crippen molar-refractivity contribution in [3.63, 3.8) is 0 Å². The van der Waals surface area contributed by atoms with Gasteiger partial charge in [-0.25, -0.2) is 9.97 Å².